The Labute approximate surface area is 129 Å². The number of rotatable bonds is 5. The van der Waals surface area contributed by atoms with E-state index in [2.05, 4.69) is 67.0 Å². The Hall–Kier alpha value is -1.66. The zero-order valence-corrected chi connectivity index (χ0v) is 13.1. The summed E-state index contributed by atoms with van der Waals surface area (Å²) in [6.07, 6.45) is 3.28. The molecule has 0 atom stereocenters. The molecule has 0 unspecified atom stereocenters. The van der Waals surface area contributed by atoms with Gasteiger partial charge < -0.3 is 5.32 Å². The number of thiophene rings is 1. The van der Waals surface area contributed by atoms with Gasteiger partial charge in [-0.2, -0.15) is 5.10 Å². The highest BCUT2D eigenvalue weighted by Crippen LogP contribution is 2.23. The number of anilines is 1. The highest BCUT2D eigenvalue weighted by atomic mass is 79.9. The molecule has 2 aromatic heterocycles. The lowest BCUT2D eigenvalue weighted by Crippen LogP contribution is -2.02. The smallest absolute Gasteiger partial charge is 0.137 e. The van der Waals surface area contributed by atoms with Gasteiger partial charge in [-0.3, -0.25) is 0 Å². The third kappa shape index (κ3) is 3.26. The quantitative estimate of drug-likeness (QED) is 0.763. The molecule has 102 valence electrons. The van der Waals surface area contributed by atoms with Crippen LogP contribution in [0.1, 0.15) is 10.4 Å². The van der Waals surface area contributed by atoms with Crippen molar-refractivity contribution in [1.29, 1.82) is 0 Å². The zero-order chi connectivity index (χ0) is 13.8. The summed E-state index contributed by atoms with van der Waals surface area (Å²) >= 11 is 5.29. The molecule has 0 fully saturated rings. The van der Waals surface area contributed by atoms with Crippen molar-refractivity contribution in [3.8, 4) is 0 Å². The van der Waals surface area contributed by atoms with Gasteiger partial charge in [-0.05, 0) is 45.1 Å². The average molecular weight is 349 g/mol. The van der Waals surface area contributed by atoms with Crippen molar-refractivity contribution in [2.24, 2.45) is 0 Å². The third-order valence-corrected chi connectivity index (χ3v) is 4.81. The average Bonchev–Trinajstić information content (AvgIpc) is 3.09. The summed E-state index contributed by atoms with van der Waals surface area (Å²) in [6, 6.07) is 10.4. The minimum atomic E-state index is 0.734. The van der Waals surface area contributed by atoms with Gasteiger partial charge in [0.2, 0.25) is 0 Å². The lowest BCUT2D eigenvalue weighted by molar-refractivity contribution is 0.685. The van der Waals surface area contributed by atoms with Crippen LogP contribution in [0.2, 0.25) is 0 Å². The third-order valence-electron chi connectivity index (χ3n) is 2.88. The number of nitrogens with one attached hydrogen (secondary N) is 1. The van der Waals surface area contributed by atoms with Gasteiger partial charge in [-0.1, -0.05) is 12.1 Å². The fraction of sp³-hybridized carbons (Fsp3) is 0.143. The van der Waals surface area contributed by atoms with Crippen LogP contribution in [0.15, 0.2) is 52.8 Å². The Morgan fingerprint density at radius 2 is 2.25 bits per heavy atom. The Balaban J connectivity index is 1.67. The first kappa shape index (κ1) is 13.3. The van der Waals surface area contributed by atoms with Crippen LogP contribution < -0.4 is 5.32 Å². The Kier molecular flexibility index (Phi) is 4.13. The molecule has 0 saturated heterocycles. The Bertz CT molecular complexity index is 678. The number of nitrogens with zero attached hydrogens (tertiary/aromatic N) is 3. The number of benzene rings is 1. The number of hydrogen-bond acceptors (Lipinski definition) is 4. The van der Waals surface area contributed by atoms with Crippen LogP contribution in [-0.4, -0.2) is 14.8 Å². The second-order valence-corrected chi connectivity index (χ2v) is 6.19. The molecule has 4 nitrogen and oxygen atoms in total. The molecular formula is C14H13BrN4S. The van der Waals surface area contributed by atoms with E-state index in [0.717, 1.165) is 23.2 Å². The maximum atomic E-state index is 4.12. The lowest BCUT2D eigenvalue weighted by Gasteiger charge is -2.08. The van der Waals surface area contributed by atoms with Gasteiger partial charge in [0.15, 0.2) is 0 Å². The van der Waals surface area contributed by atoms with E-state index in [-0.39, 0.29) is 0 Å². The van der Waals surface area contributed by atoms with E-state index in [0.29, 0.717) is 0 Å². The highest BCUT2D eigenvalue weighted by molar-refractivity contribution is 9.10. The minimum Gasteiger partial charge on any atom is -0.380 e. The molecule has 0 aliphatic carbocycles. The van der Waals surface area contributed by atoms with Gasteiger partial charge in [0, 0.05) is 15.0 Å². The zero-order valence-electron chi connectivity index (χ0n) is 10.7. The van der Waals surface area contributed by atoms with E-state index < -0.39 is 0 Å². The highest BCUT2D eigenvalue weighted by Gasteiger charge is 2.02. The van der Waals surface area contributed by atoms with Gasteiger partial charge in [-0.25, -0.2) is 9.67 Å². The van der Waals surface area contributed by atoms with E-state index in [1.165, 1.54) is 10.4 Å². The second kappa shape index (κ2) is 6.19. The molecule has 3 rings (SSSR count). The number of aromatic nitrogens is 3. The maximum absolute atomic E-state index is 4.12. The molecule has 0 aliphatic heterocycles. The molecule has 0 aliphatic rings. The summed E-state index contributed by atoms with van der Waals surface area (Å²) in [5.74, 6) is 0. The van der Waals surface area contributed by atoms with Crippen LogP contribution in [0.5, 0.6) is 0 Å². The first-order valence-corrected chi connectivity index (χ1v) is 7.85. The maximum Gasteiger partial charge on any atom is 0.137 e. The van der Waals surface area contributed by atoms with E-state index >= 15 is 0 Å². The molecule has 3 aromatic rings. The second-order valence-electron chi connectivity index (χ2n) is 4.34. The van der Waals surface area contributed by atoms with E-state index in [1.54, 1.807) is 24.0 Å². The molecule has 0 radical (unpaired) electrons. The molecule has 6 heteroatoms. The van der Waals surface area contributed by atoms with Crippen molar-refractivity contribution in [1.82, 2.24) is 14.8 Å². The lowest BCUT2D eigenvalue weighted by atomic mass is 10.2. The monoisotopic (exact) mass is 348 g/mol. The van der Waals surface area contributed by atoms with Crippen LogP contribution in [0, 0.1) is 0 Å². The first-order valence-electron chi connectivity index (χ1n) is 6.18. The molecular weight excluding hydrogens is 336 g/mol. The first-order chi connectivity index (χ1) is 9.81. The molecule has 0 spiro atoms. The molecule has 20 heavy (non-hydrogen) atoms. The van der Waals surface area contributed by atoms with Crippen molar-refractivity contribution in [2.75, 3.05) is 5.32 Å². The summed E-state index contributed by atoms with van der Waals surface area (Å²) < 4.78 is 2.98. The van der Waals surface area contributed by atoms with Crippen molar-refractivity contribution < 1.29 is 0 Å². The number of halogens is 1. The standard InChI is InChI=1S/C14H13BrN4S/c15-13-4-5-20-14(13)7-17-12-3-1-2-11(6-12)8-19-10-16-9-18-19/h1-6,9-10,17H,7-8H2. The number of hydrogen-bond donors (Lipinski definition) is 1. The summed E-state index contributed by atoms with van der Waals surface area (Å²) in [4.78, 5) is 5.25. The predicted octanol–water partition coefficient (Wildman–Crippen LogP) is 3.76. The van der Waals surface area contributed by atoms with E-state index in [1.807, 2.05) is 4.68 Å². The summed E-state index contributed by atoms with van der Waals surface area (Å²) in [7, 11) is 0. The summed E-state index contributed by atoms with van der Waals surface area (Å²) in [6.45, 7) is 1.56. The molecule has 1 N–H and O–H groups in total. The van der Waals surface area contributed by atoms with Crippen molar-refractivity contribution >= 4 is 33.0 Å². The van der Waals surface area contributed by atoms with Gasteiger partial charge in [-0.15, -0.1) is 11.3 Å². The Morgan fingerprint density at radius 3 is 3.00 bits per heavy atom. The molecule has 0 amide bonds. The van der Waals surface area contributed by atoms with Crippen molar-refractivity contribution in [2.45, 2.75) is 13.1 Å². The van der Waals surface area contributed by atoms with Crippen LogP contribution >= 0.6 is 27.3 Å². The normalized spacial score (nSPS) is 10.7. The van der Waals surface area contributed by atoms with E-state index in [9.17, 15) is 0 Å². The molecule has 2 heterocycles. The van der Waals surface area contributed by atoms with Crippen LogP contribution in [0.4, 0.5) is 5.69 Å². The molecule has 0 saturated carbocycles. The van der Waals surface area contributed by atoms with Crippen molar-refractivity contribution in [3.63, 3.8) is 0 Å². The largest absolute Gasteiger partial charge is 0.380 e. The fourth-order valence-electron chi connectivity index (χ4n) is 1.91. The minimum absolute atomic E-state index is 0.734. The van der Waals surface area contributed by atoms with Gasteiger partial charge >= 0.3 is 0 Å². The topological polar surface area (TPSA) is 42.7 Å². The van der Waals surface area contributed by atoms with Crippen LogP contribution in [-0.2, 0) is 13.1 Å². The van der Waals surface area contributed by atoms with Crippen LogP contribution in [0.3, 0.4) is 0 Å². The van der Waals surface area contributed by atoms with Gasteiger partial charge in [0.1, 0.15) is 12.7 Å². The SMILES string of the molecule is Brc1ccsc1CNc1cccc(Cn2cncn2)c1. The molecule has 1 aromatic carbocycles. The van der Waals surface area contributed by atoms with Crippen molar-refractivity contribution in [3.05, 3.63) is 63.3 Å². The van der Waals surface area contributed by atoms with Gasteiger partial charge in [0.05, 0.1) is 13.1 Å². The molecule has 0 bridgehead atoms. The van der Waals surface area contributed by atoms with E-state index in [4.69, 9.17) is 0 Å². The Morgan fingerprint density at radius 1 is 1.30 bits per heavy atom. The van der Waals surface area contributed by atoms with Crippen LogP contribution in [0.25, 0.3) is 0 Å². The summed E-state index contributed by atoms with van der Waals surface area (Å²) in [5.41, 5.74) is 2.31. The predicted molar refractivity (Wildman–Crippen MR) is 84.9 cm³/mol. The summed E-state index contributed by atoms with van der Waals surface area (Å²) in [5, 5.41) is 9.65. The fourth-order valence-corrected chi connectivity index (χ4v) is 3.35. The van der Waals surface area contributed by atoms with Gasteiger partial charge in [0.25, 0.3) is 0 Å².